The van der Waals surface area contributed by atoms with Crippen molar-refractivity contribution in [3.63, 3.8) is 0 Å². The Kier molecular flexibility index (Phi) is 7.20. The molecule has 1 heterocycles. The first-order valence-corrected chi connectivity index (χ1v) is 8.74. The summed E-state index contributed by atoms with van der Waals surface area (Å²) in [4.78, 5) is 38.1. The summed E-state index contributed by atoms with van der Waals surface area (Å²) in [5.74, 6) is -0.665. The predicted octanol–water partition coefficient (Wildman–Crippen LogP) is 2.52. The van der Waals surface area contributed by atoms with Gasteiger partial charge in [0.2, 0.25) is 0 Å². The Bertz CT molecular complexity index is 767. The number of hydrogen-bond donors (Lipinski definition) is 3. The van der Waals surface area contributed by atoms with Gasteiger partial charge in [-0.15, -0.1) is 0 Å². The number of benzene rings is 1. The number of fused-ring (bicyclic) bond motifs is 1. The maximum atomic E-state index is 11.8. The molecule has 0 saturated carbocycles. The van der Waals surface area contributed by atoms with E-state index in [0.29, 0.717) is 18.9 Å². The predicted molar refractivity (Wildman–Crippen MR) is 98.6 cm³/mol. The third-order valence-electron chi connectivity index (χ3n) is 3.90. The summed E-state index contributed by atoms with van der Waals surface area (Å²) in [6.07, 6.45) is 3.37. The number of para-hydroxylation sites is 1. The van der Waals surface area contributed by atoms with Crippen LogP contribution >= 0.6 is 0 Å². The van der Waals surface area contributed by atoms with Crippen LogP contribution in [0.3, 0.4) is 0 Å². The number of amides is 3. The van der Waals surface area contributed by atoms with Gasteiger partial charge in [-0.1, -0.05) is 32.0 Å². The summed E-state index contributed by atoms with van der Waals surface area (Å²) in [6, 6.07) is 7.25. The highest BCUT2D eigenvalue weighted by Crippen LogP contribution is 2.19. The first-order valence-electron chi connectivity index (χ1n) is 8.74. The molecule has 140 valence electrons. The van der Waals surface area contributed by atoms with Crippen molar-refractivity contribution >= 4 is 28.8 Å². The fraction of sp³-hybridized carbons (Fsp3) is 0.421. The molecule has 0 aliphatic heterocycles. The summed E-state index contributed by atoms with van der Waals surface area (Å²) in [7, 11) is 0. The number of aromatic nitrogens is 1. The molecule has 0 fully saturated rings. The van der Waals surface area contributed by atoms with Crippen LogP contribution in [-0.4, -0.2) is 36.0 Å². The topological polar surface area (TPSA) is 100 Å². The Hall–Kier alpha value is -2.83. The molecule has 7 heteroatoms. The van der Waals surface area contributed by atoms with Crippen LogP contribution in [-0.2, 0) is 20.7 Å². The quantitative estimate of drug-likeness (QED) is 0.631. The molecule has 26 heavy (non-hydrogen) atoms. The molecule has 0 unspecified atom stereocenters. The van der Waals surface area contributed by atoms with E-state index in [1.165, 1.54) is 0 Å². The van der Waals surface area contributed by atoms with Gasteiger partial charge in [-0.2, -0.15) is 0 Å². The number of nitrogens with one attached hydrogen (secondary N) is 3. The molecule has 7 nitrogen and oxygen atoms in total. The Morgan fingerprint density at radius 2 is 1.96 bits per heavy atom. The van der Waals surface area contributed by atoms with Crippen molar-refractivity contribution in [1.82, 2.24) is 15.6 Å². The highest BCUT2D eigenvalue weighted by atomic mass is 16.5. The zero-order valence-electron chi connectivity index (χ0n) is 15.1. The lowest BCUT2D eigenvalue weighted by atomic mass is 10.1. The van der Waals surface area contributed by atoms with Crippen molar-refractivity contribution in [2.24, 2.45) is 5.92 Å². The minimum Gasteiger partial charge on any atom is -0.456 e. The van der Waals surface area contributed by atoms with Gasteiger partial charge in [-0.3, -0.25) is 14.9 Å². The number of hydrogen-bond acceptors (Lipinski definition) is 4. The van der Waals surface area contributed by atoms with E-state index in [1.807, 2.05) is 44.3 Å². The number of H-pyrrole nitrogens is 1. The number of esters is 1. The van der Waals surface area contributed by atoms with Gasteiger partial charge < -0.3 is 15.0 Å². The van der Waals surface area contributed by atoms with E-state index in [-0.39, 0.29) is 6.42 Å². The molecule has 0 atom stereocenters. The number of carbonyl (C=O) groups excluding carboxylic acids is 3. The van der Waals surface area contributed by atoms with Crippen molar-refractivity contribution in [2.75, 3.05) is 13.2 Å². The minimum absolute atomic E-state index is 0.162. The Balaban J connectivity index is 1.66. The summed E-state index contributed by atoms with van der Waals surface area (Å²) in [5.41, 5.74) is 2.03. The van der Waals surface area contributed by atoms with Crippen LogP contribution in [0.4, 0.5) is 4.79 Å². The first kappa shape index (κ1) is 19.5. The molecule has 3 N–H and O–H groups in total. The lowest BCUT2D eigenvalue weighted by molar-refractivity contribution is -0.148. The summed E-state index contributed by atoms with van der Waals surface area (Å²) in [6.45, 7) is 4.10. The molecule has 2 rings (SSSR count). The molecule has 3 amide bonds. The monoisotopic (exact) mass is 359 g/mol. The molecule has 2 aromatic rings. The fourth-order valence-corrected chi connectivity index (χ4v) is 2.47. The van der Waals surface area contributed by atoms with E-state index in [0.717, 1.165) is 22.9 Å². The zero-order valence-corrected chi connectivity index (χ0v) is 15.1. The van der Waals surface area contributed by atoms with Gasteiger partial charge in [0.1, 0.15) is 0 Å². The van der Waals surface area contributed by atoms with Crippen molar-refractivity contribution in [3.8, 4) is 0 Å². The number of imide groups is 1. The number of rotatable bonds is 8. The summed E-state index contributed by atoms with van der Waals surface area (Å²) < 4.78 is 4.92. The Morgan fingerprint density at radius 1 is 1.19 bits per heavy atom. The molecule has 0 saturated heterocycles. The van der Waals surface area contributed by atoms with Gasteiger partial charge in [0.15, 0.2) is 6.61 Å². The van der Waals surface area contributed by atoms with E-state index in [2.05, 4.69) is 15.6 Å². The van der Waals surface area contributed by atoms with E-state index >= 15 is 0 Å². The molecule has 0 bridgehead atoms. The lowest BCUT2D eigenvalue weighted by Crippen LogP contribution is -2.42. The van der Waals surface area contributed by atoms with E-state index < -0.39 is 24.5 Å². The molecule has 0 spiro atoms. The molecular weight excluding hydrogens is 334 g/mol. The van der Waals surface area contributed by atoms with Gasteiger partial charge >= 0.3 is 12.0 Å². The van der Waals surface area contributed by atoms with Gasteiger partial charge in [-0.05, 0) is 30.4 Å². The van der Waals surface area contributed by atoms with Crippen LogP contribution in [0.2, 0.25) is 0 Å². The first-order chi connectivity index (χ1) is 12.5. The smallest absolute Gasteiger partial charge is 0.321 e. The van der Waals surface area contributed by atoms with Crippen molar-refractivity contribution in [2.45, 2.75) is 33.1 Å². The standard InChI is InChI=1S/C19H25N3O4/c1-13(2)9-10-20-19(25)22-17(23)12-26-18(24)8-7-14-11-21-16-6-4-3-5-15(14)16/h3-6,11,13,21H,7-10,12H2,1-2H3,(H2,20,22,23,25). The van der Waals surface area contributed by atoms with Gasteiger partial charge in [0.05, 0.1) is 0 Å². The molecule has 0 radical (unpaired) electrons. The second kappa shape index (κ2) is 9.60. The van der Waals surface area contributed by atoms with E-state index in [9.17, 15) is 14.4 Å². The normalized spacial score (nSPS) is 10.7. The Labute approximate surface area is 152 Å². The Morgan fingerprint density at radius 3 is 2.73 bits per heavy atom. The summed E-state index contributed by atoms with van der Waals surface area (Å²) in [5, 5.41) is 5.78. The van der Waals surface area contributed by atoms with E-state index in [4.69, 9.17) is 4.74 Å². The molecule has 1 aromatic carbocycles. The molecule has 1 aromatic heterocycles. The number of carbonyl (C=O) groups is 3. The van der Waals surface area contributed by atoms with Crippen LogP contribution in [0.15, 0.2) is 30.5 Å². The second-order valence-electron chi connectivity index (χ2n) is 6.51. The maximum absolute atomic E-state index is 11.8. The number of ether oxygens (including phenoxy) is 1. The fourth-order valence-electron chi connectivity index (χ4n) is 2.47. The number of aryl methyl sites for hydroxylation is 1. The zero-order chi connectivity index (χ0) is 18.9. The van der Waals surface area contributed by atoms with Gasteiger partial charge in [-0.25, -0.2) is 4.79 Å². The molecule has 0 aliphatic rings. The van der Waals surface area contributed by atoms with Crippen molar-refractivity contribution in [1.29, 1.82) is 0 Å². The third kappa shape index (κ3) is 6.23. The van der Waals surface area contributed by atoms with Gasteiger partial charge in [0.25, 0.3) is 5.91 Å². The average molecular weight is 359 g/mol. The minimum atomic E-state index is -0.646. The SMILES string of the molecule is CC(C)CCNC(=O)NC(=O)COC(=O)CCc1c[nH]c2ccccc12. The molecular formula is C19H25N3O4. The lowest BCUT2D eigenvalue weighted by Gasteiger charge is -2.08. The van der Waals surface area contributed by atoms with Crippen LogP contribution in [0, 0.1) is 5.92 Å². The second-order valence-corrected chi connectivity index (χ2v) is 6.51. The van der Waals surface area contributed by atoms with Crippen LogP contribution in [0.1, 0.15) is 32.3 Å². The van der Waals surface area contributed by atoms with Crippen LogP contribution in [0.5, 0.6) is 0 Å². The van der Waals surface area contributed by atoms with Gasteiger partial charge in [0, 0.05) is 30.1 Å². The highest BCUT2D eigenvalue weighted by molar-refractivity contribution is 5.95. The highest BCUT2D eigenvalue weighted by Gasteiger charge is 2.12. The van der Waals surface area contributed by atoms with Crippen LogP contribution in [0.25, 0.3) is 10.9 Å². The van der Waals surface area contributed by atoms with Crippen molar-refractivity contribution < 1.29 is 19.1 Å². The van der Waals surface area contributed by atoms with Crippen molar-refractivity contribution in [3.05, 3.63) is 36.0 Å². The largest absolute Gasteiger partial charge is 0.456 e. The average Bonchev–Trinajstić information content (AvgIpc) is 3.01. The number of urea groups is 1. The van der Waals surface area contributed by atoms with Crippen LogP contribution < -0.4 is 10.6 Å². The maximum Gasteiger partial charge on any atom is 0.321 e. The third-order valence-corrected chi connectivity index (χ3v) is 3.90. The molecule has 0 aliphatic carbocycles. The van der Waals surface area contributed by atoms with E-state index in [1.54, 1.807) is 0 Å². The summed E-state index contributed by atoms with van der Waals surface area (Å²) >= 11 is 0. The number of aromatic amines is 1.